The summed E-state index contributed by atoms with van der Waals surface area (Å²) in [6, 6.07) is 15.3. The molecule has 2 aliphatic rings. The molecule has 1 N–H and O–H groups in total. The SMILES string of the molecule is CC1=NC2=C(C(=O)CC(C)(C)C2)[C@@H](c2ccc(F)cc2)C1C(=O)Nc1ccccc1. The van der Waals surface area contributed by atoms with Crippen LogP contribution in [0.4, 0.5) is 10.1 Å². The first-order valence-electron chi connectivity index (χ1n) is 10.2. The lowest BCUT2D eigenvalue weighted by Gasteiger charge is -2.39. The molecule has 1 aliphatic heterocycles. The molecular weight excluding hydrogens is 379 g/mol. The third-order valence-corrected chi connectivity index (χ3v) is 5.86. The maximum atomic E-state index is 13.6. The predicted molar refractivity (Wildman–Crippen MR) is 116 cm³/mol. The van der Waals surface area contributed by atoms with Gasteiger partial charge in [-0.1, -0.05) is 44.2 Å². The lowest BCUT2D eigenvalue weighted by molar-refractivity contribution is -0.119. The van der Waals surface area contributed by atoms with Crippen LogP contribution in [0.25, 0.3) is 0 Å². The van der Waals surface area contributed by atoms with E-state index in [-0.39, 0.29) is 22.9 Å². The van der Waals surface area contributed by atoms with Crippen LogP contribution in [0.3, 0.4) is 0 Å². The maximum Gasteiger partial charge on any atom is 0.234 e. The zero-order chi connectivity index (χ0) is 21.5. The number of hydrogen-bond acceptors (Lipinski definition) is 3. The molecular formula is C25H25FN2O2. The van der Waals surface area contributed by atoms with Crippen LogP contribution in [0.1, 0.15) is 45.1 Å². The molecule has 1 amide bonds. The molecule has 5 heteroatoms. The second-order valence-electron chi connectivity index (χ2n) is 8.92. The van der Waals surface area contributed by atoms with Crippen LogP contribution in [0.2, 0.25) is 0 Å². The highest BCUT2D eigenvalue weighted by Gasteiger charge is 2.45. The zero-order valence-corrected chi connectivity index (χ0v) is 17.4. The minimum atomic E-state index is -0.639. The first-order chi connectivity index (χ1) is 14.2. The van der Waals surface area contributed by atoms with Gasteiger partial charge in [-0.3, -0.25) is 14.6 Å². The highest BCUT2D eigenvalue weighted by molar-refractivity contribution is 6.13. The Bertz CT molecular complexity index is 1050. The smallest absolute Gasteiger partial charge is 0.234 e. The average molecular weight is 404 g/mol. The number of anilines is 1. The van der Waals surface area contributed by atoms with Crippen molar-refractivity contribution in [3.8, 4) is 0 Å². The van der Waals surface area contributed by atoms with Crippen molar-refractivity contribution in [3.63, 3.8) is 0 Å². The lowest BCUT2D eigenvalue weighted by Crippen LogP contribution is -2.41. The Labute approximate surface area is 175 Å². The summed E-state index contributed by atoms with van der Waals surface area (Å²) in [5.74, 6) is -1.68. The van der Waals surface area contributed by atoms with E-state index >= 15 is 0 Å². The van der Waals surface area contributed by atoms with Gasteiger partial charge >= 0.3 is 0 Å². The quantitative estimate of drug-likeness (QED) is 0.756. The van der Waals surface area contributed by atoms with Gasteiger partial charge in [-0.25, -0.2) is 4.39 Å². The van der Waals surface area contributed by atoms with E-state index in [2.05, 4.69) is 19.2 Å². The number of halogens is 1. The van der Waals surface area contributed by atoms with Crippen molar-refractivity contribution in [1.29, 1.82) is 0 Å². The van der Waals surface area contributed by atoms with E-state index in [9.17, 15) is 14.0 Å². The van der Waals surface area contributed by atoms with Gasteiger partial charge in [0, 0.05) is 35.0 Å². The molecule has 0 fully saturated rings. The summed E-state index contributed by atoms with van der Waals surface area (Å²) in [6.07, 6.45) is 1.08. The topological polar surface area (TPSA) is 58.5 Å². The number of amides is 1. The van der Waals surface area contributed by atoms with Gasteiger partial charge in [-0.15, -0.1) is 0 Å². The molecule has 2 aromatic rings. The summed E-state index contributed by atoms with van der Waals surface area (Å²) < 4.78 is 13.6. The van der Waals surface area contributed by atoms with Crippen molar-refractivity contribution in [1.82, 2.24) is 0 Å². The molecule has 0 saturated heterocycles. The fourth-order valence-corrected chi connectivity index (χ4v) is 4.56. The molecule has 1 aliphatic carbocycles. The van der Waals surface area contributed by atoms with E-state index in [1.165, 1.54) is 12.1 Å². The molecule has 4 rings (SSSR count). The van der Waals surface area contributed by atoms with E-state index in [1.807, 2.05) is 37.3 Å². The van der Waals surface area contributed by atoms with Gasteiger partial charge in [-0.05, 0) is 48.6 Å². The third-order valence-electron chi connectivity index (χ3n) is 5.86. The van der Waals surface area contributed by atoms with Crippen LogP contribution in [0.5, 0.6) is 0 Å². The maximum absolute atomic E-state index is 13.6. The van der Waals surface area contributed by atoms with Crippen molar-refractivity contribution >= 4 is 23.1 Å². The molecule has 2 aromatic carbocycles. The number of aliphatic imine (C=N–C) groups is 1. The summed E-state index contributed by atoms with van der Waals surface area (Å²) in [5.41, 5.74) is 3.28. The minimum Gasteiger partial charge on any atom is -0.325 e. The van der Waals surface area contributed by atoms with E-state index in [0.717, 1.165) is 11.3 Å². The molecule has 4 nitrogen and oxygen atoms in total. The lowest BCUT2D eigenvalue weighted by atomic mass is 9.66. The van der Waals surface area contributed by atoms with Crippen LogP contribution in [-0.2, 0) is 9.59 Å². The van der Waals surface area contributed by atoms with Crippen molar-refractivity contribution < 1.29 is 14.0 Å². The summed E-state index contributed by atoms with van der Waals surface area (Å²) in [4.78, 5) is 31.3. The molecule has 1 heterocycles. The number of nitrogens with zero attached hydrogens (tertiary/aromatic N) is 1. The molecule has 0 radical (unpaired) electrons. The normalized spacial score (nSPS) is 22.9. The Morgan fingerprint density at radius 2 is 1.73 bits per heavy atom. The highest BCUT2D eigenvalue weighted by Crippen LogP contribution is 2.47. The molecule has 30 heavy (non-hydrogen) atoms. The van der Waals surface area contributed by atoms with Crippen LogP contribution in [0.15, 0.2) is 70.9 Å². The summed E-state index contributed by atoms with van der Waals surface area (Å²) in [5, 5.41) is 2.95. The van der Waals surface area contributed by atoms with Gasteiger partial charge in [0.25, 0.3) is 0 Å². The highest BCUT2D eigenvalue weighted by atomic mass is 19.1. The number of carbonyl (C=O) groups excluding carboxylic acids is 2. The number of nitrogens with one attached hydrogen (secondary N) is 1. The third kappa shape index (κ3) is 3.84. The second-order valence-corrected chi connectivity index (χ2v) is 8.92. The van der Waals surface area contributed by atoms with E-state index in [4.69, 9.17) is 4.99 Å². The molecule has 0 aromatic heterocycles. The molecule has 0 saturated carbocycles. The average Bonchev–Trinajstić information content (AvgIpc) is 2.67. The van der Waals surface area contributed by atoms with Crippen LogP contribution < -0.4 is 5.32 Å². The molecule has 1 unspecified atom stereocenters. The fourth-order valence-electron chi connectivity index (χ4n) is 4.56. The number of ketones is 1. The first kappa shape index (κ1) is 20.2. The van der Waals surface area contributed by atoms with Gasteiger partial charge in [0.1, 0.15) is 5.82 Å². The largest absolute Gasteiger partial charge is 0.325 e. The Morgan fingerprint density at radius 3 is 2.40 bits per heavy atom. The van der Waals surface area contributed by atoms with Crippen molar-refractivity contribution in [3.05, 3.63) is 77.2 Å². The second kappa shape index (κ2) is 7.63. The number of rotatable bonds is 3. The van der Waals surface area contributed by atoms with E-state index in [0.29, 0.717) is 29.8 Å². The number of Topliss-reactive ketones (excluding diaryl/α,β-unsaturated/α-hetero) is 1. The number of allylic oxidation sites excluding steroid dienone is 2. The summed E-state index contributed by atoms with van der Waals surface area (Å²) in [6.45, 7) is 5.95. The Hall–Kier alpha value is -3.08. The van der Waals surface area contributed by atoms with Crippen LogP contribution >= 0.6 is 0 Å². The Balaban J connectivity index is 1.80. The van der Waals surface area contributed by atoms with Crippen LogP contribution in [-0.4, -0.2) is 17.4 Å². The predicted octanol–water partition coefficient (Wildman–Crippen LogP) is 5.28. The van der Waals surface area contributed by atoms with Crippen molar-refractivity contribution in [2.24, 2.45) is 16.3 Å². The zero-order valence-electron chi connectivity index (χ0n) is 17.4. The Kier molecular flexibility index (Phi) is 5.14. The molecule has 154 valence electrons. The van der Waals surface area contributed by atoms with Gasteiger partial charge in [0.15, 0.2) is 5.78 Å². The number of carbonyl (C=O) groups is 2. The van der Waals surface area contributed by atoms with Crippen molar-refractivity contribution in [2.75, 3.05) is 5.32 Å². The molecule has 0 spiro atoms. The summed E-state index contributed by atoms with van der Waals surface area (Å²) in [7, 11) is 0. The Morgan fingerprint density at radius 1 is 1.07 bits per heavy atom. The van der Waals surface area contributed by atoms with E-state index in [1.54, 1.807) is 12.1 Å². The van der Waals surface area contributed by atoms with E-state index < -0.39 is 11.8 Å². The molecule has 0 bridgehead atoms. The molecule has 2 atom stereocenters. The fraction of sp³-hybridized carbons (Fsp3) is 0.320. The van der Waals surface area contributed by atoms with Gasteiger partial charge in [0.05, 0.1) is 5.92 Å². The standard InChI is InChI=1S/C25H25FN2O2/c1-15-21(24(30)28-18-7-5-4-6-8-18)22(16-9-11-17(26)12-10-16)23-19(27-15)13-25(2,3)14-20(23)29/h4-12,21-22H,13-14H2,1-3H3,(H,28,30)/t21?,22-/m0/s1. The number of benzene rings is 2. The number of para-hydroxylation sites is 1. The minimum absolute atomic E-state index is 0.0179. The monoisotopic (exact) mass is 404 g/mol. The van der Waals surface area contributed by atoms with Crippen molar-refractivity contribution in [2.45, 2.75) is 39.5 Å². The van der Waals surface area contributed by atoms with Gasteiger partial charge in [0.2, 0.25) is 5.91 Å². The van der Waals surface area contributed by atoms with Gasteiger partial charge in [-0.2, -0.15) is 0 Å². The number of hydrogen-bond donors (Lipinski definition) is 1. The summed E-state index contributed by atoms with van der Waals surface area (Å²) >= 11 is 0. The first-order valence-corrected chi connectivity index (χ1v) is 10.2. The van der Waals surface area contributed by atoms with Crippen LogP contribution in [0, 0.1) is 17.2 Å². The van der Waals surface area contributed by atoms with Gasteiger partial charge < -0.3 is 5.32 Å².